The van der Waals surface area contributed by atoms with Crippen LogP contribution in [0.3, 0.4) is 0 Å². The fourth-order valence-electron chi connectivity index (χ4n) is 1.15. The molecule has 2 N–H and O–H groups in total. The molecule has 0 spiro atoms. The summed E-state index contributed by atoms with van der Waals surface area (Å²) >= 11 is 0. The van der Waals surface area contributed by atoms with Crippen LogP contribution >= 0.6 is 0 Å². The zero-order valence-corrected chi connectivity index (χ0v) is 8.90. The number of benzene rings is 1. The van der Waals surface area contributed by atoms with E-state index in [9.17, 15) is 9.59 Å². The molecule has 0 aliphatic carbocycles. The van der Waals surface area contributed by atoms with Crippen molar-refractivity contribution in [3.8, 4) is 5.75 Å². The van der Waals surface area contributed by atoms with Crippen molar-refractivity contribution in [3.05, 3.63) is 29.8 Å². The standard InChI is InChI=1S/C11H13NO4/c1-2-16-9-5-3-4-8(6-9)11(15)12-7-10(13)14/h3-6H,2,7H2,1H3,(H,12,15)(H,13,14). The van der Waals surface area contributed by atoms with Gasteiger partial charge in [-0.25, -0.2) is 0 Å². The highest BCUT2D eigenvalue weighted by Crippen LogP contribution is 2.12. The molecule has 1 rings (SSSR count). The normalized spacial score (nSPS) is 9.56. The average molecular weight is 223 g/mol. The molecule has 0 atom stereocenters. The Labute approximate surface area is 93.0 Å². The van der Waals surface area contributed by atoms with Crippen LogP contribution in [0.2, 0.25) is 0 Å². The van der Waals surface area contributed by atoms with Gasteiger partial charge in [0, 0.05) is 5.56 Å². The summed E-state index contributed by atoms with van der Waals surface area (Å²) in [6.07, 6.45) is 0. The van der Waals surface area contributed by atoms with Crippen LogP contribution in [-0.4, -0.2) is 30.1 Å². The molecule has 0 radical (unpaired) electrons. The minimum absolute atomic E-state index is 0.382. The number of ether oxygens (including phenoxy) is 1. The van der Waals surface area contributed by atoms with Crippen LogP contribution < -0.4 is 10.1 Å². The van der Waals surface area contributed by atoms with Crippen LogP contribution in [0.1, 0.15) is 17.3 Å². The number of carbonyl (C=O) groups excluding carboxylic acids is 1. The van der Waals surface area contributed by atoms with Gasteiger partial charge in [0.25, 0.3) is 5.91 Å². The maximum Gasteiger partial charge on any atom is 0.322 e. The van der Waals surface area contributed by atoms with Crippen molar-refractivity contribution in [2.24, 2.45) is 0 Å². The van der Waals surface area contributed by atoms with Gasteiger partial charge in [-0.3, -0.25) is 9.59 Å². The number of amides is 1. The first-order valence-corrected chi connectivity index (χ1v) is 4.86. The molecule has 0 aliphatic heterocycles. The topological polar surface area (TPSA) is 75.6 Å². The molecule has 0 saturated heterocycles. The van der Waals surface area contributed by atoms with Crippen LogP contribution in [0.4, 0.5) is 0 Å². The molecule has 1 amide bonds. The van der Waals surface area contributed by atoms with E-state index >= 15 is 0 Å². The SMILES string of the molecule is CCOc1cccc(C(=O)NCC(=O)O)c1. The molecular weight excluding hydrogens is 210 g/mol. The molecule has 0 heterocycles. The maximum absolute atomic E-state index is 11.5. The Bertz CT molecular complexity index is 389. The van der Waals surface area contributed by atoms with Gasteiger partial charge in [0.2, 0.25) is 0 Å². The van der Waals surface area contributed by atoms with E-state index in [4.69, 9.17) is 9.84 Å². The average Bonchev–Trinajstić information content (AvgIpc) is 2.26. The summed E-state index contributed by atoms with van der Waals surface area (Å²) in [6, 6.07) is 6.58. The lowest BCUT2D eigenvalue weighted by molar-refractivity contribution is -0.135. The second-order valence-electron chi connectivity index (χ2n) is 3.04. The fourth-order valence-corrected chi connectivity index (χ4v) is 1.15. The molecule has 1 aromatic rings. The van der Waals surface area contributed by atoms with Crippen molar-refractivity contribution >= 4 is 11.9 Å². The van der Waals surface area contributed by atoms with E-state index < -0.39 is 18.4 Å². The van der Waals surface area contributed by atoms with Crippen LogP contribution in [0.5, 0.6) is 5.75 Å². The second kappa shape index (κ2) is 5.75. The lowest BCUT2D eigenvalue weighted by Crippen LogP contribution is -2.29. The Morgan fingerprint density at radius 1 is 1.44 bits per heavy atom. The third-order valence-electron chi connectivity index (χ3n) is 1.81. The number of hydrogen-bond acceptors (Lipinski definition) is 3. The number of carbonyl (C=O) groups is 2. The smallest absolute Gasteiger partial charge is 0.322 e. The first-order chi connectivity index (χ1) is 7.63. The van der Waals surface area contributed by atoms with Crippen molar-refractivity contribution < 1.29 is 19.4 Å². The van der Waals surface area contributed by atoms with E-state index in [-0.39, 0.29) is 0 Å². The number of nitrogens with one attached hydrogen (secondary N) is 1. The Hall–Kier alpha value is -2.04. The van der Waals surface area contributed by atoms with E-state index in [0.29, 0.717) is 17.9 Å². The Morgan fingerprint density at radius 2 is 2.19 bits per heavy atom. The molecular formula is C11H13NO4. The quantitative estimate of drug-likeness (QED) is 0.777. The Kier molecular flexibility index (Phi) is 4.32. The molecule has 0 fully saturated rings. The molecule has 0 saturated carbocycles. The molecule has 0 unspecified atom stereocenters. The minimum Gasteiger partial charge on any atom is -0.494 e. The van der Waals surface area contributed by atoms with E-state index in [1.165, 1.54) is 0 Å². The Balaban J connectivity index is 2.67. The zero-order valence-electron chi connectivity index (χ0n) is 8.90. The van der Waals surface area contributed by atoms with Crippen LogP contribution in [0.25, 0.3) is 0 Å². The van der Waals surface area contributed by atoms with Gasteiger partial charge in [-0.05, 0) is 25.1 Å². The molecule has 5 heteroatoms. The second-order valence-corrected chi connectivity index (χ2v) is 3.04. The number of carboxylic acid groups (broad SMARTS) is 1. The van der Waals surface area contributed by atoms with Crippen molar-refractivity contribution in [1.29, 1.82) is 0 Å². The zero-order chi connectivity index (χ0) is 12.0. The largest absolute Gasteiger partial charge is 0.494 e. The van der Waals surface area contributed by atoms with Crippen molar-refractivity contribution in [1.82, 2.24) is 5.32 Å². The fraction of sp³-hybridized carbons (Fsp3) is 0.273. The van der Waals surface area contributed by atoms with Crippen molar-refractivity contribution in [2.75, 3.05) is 13.2 Å². The van der Waals surface area contributed by atoms with Crippen LogP contribution in [0, 0.1) is 0 Å². The third-order valence-corrected chi connectivity index (χ3v) is 1.81. The molecule has 0 aromatic heterocycles. The molecule has 0 bridgehead atoms. The van der Waals surface area contributed by atoms with E-state index in [0.717, 1.165) is 0 Å². The molecule has 5 nitrogen and oxygen atoms in total. The van der Waals surface area contributed by atoms with Crippen LogP contribution in [0.15, 0.2) is 24.3 Å². The predicted octanol–water partition coefficient (Wildman–Crippen LogP) is 0.900. The van der Waals surface area contributed by atoms with Gasteiger partial charge in [-0.1, -0.05) is 6.07 Å². The van der Waals surface area contributed by atoms with Gasteiger partial charge >= 0.3 is 5.97 Å². The summed E-state index contributed by atoms with van der Waals surface area (Å²) in [5.41, 5.74) is 0.382. The summed E-state index contributed by atoms with van der Waals surface area (Å²) in [5, 5.41) is 10.7. The molecule has 16 heavy (non-hydrogen) atoms. The summed E-state index contributed by atoms with van der Waals surface area (Å²) < 4.78 is 5.23. The van der Waals surface area contributed by atoms with Gasteiger partial charge in [0.1, 0.15) is 12.3 Å². The van der Waals surface area contributed by atoms with Crippen molar-refractivity contribution in [2.45, 2.75) is 6.92 Å². The van der Waals surface area contributed by atoms with Gasteiger partial charge in [-0.15, -0.1) is 0 Å². The Morgan fingerprint density at radius 3 is 2.81 bits per heavy atom. The highest BCUT2D eigenvalue weighted by atomic mass is 16.5. The summed E-state index contributed by atoms with van der Waals surface area (Å²) in [4.78, 5) is 21.7. The lowest BCUT2D eigenvalue weighted by Gasteiger charge is -2.05. The van der Waals surface area contributed by atoms with E-state index in [1.807, 2.05) is 6.92 Å². The first-order valence-electron chi connectivity index (χ1n) is 4.86. The highest BCUT2D eigenvalue weighted by molar-refractivity contribution is 5.96. The maximum atomic E-state index is 11.5. The number of hydrogen-bond donors (Lipinski definition) is 2. The van der Waals surface area contributed by atoms with Gasteiger partial charge in [0.05, 0.1) is 6.61 Å². The monoisotopic (exact) mass is 223 g/mol. The molecule has 86 valence electrons. The van der Waals surface area contributed by atoms with E-state index in [1.54, 1.807) is 24.3 Å². The number of rotatable bonds is 5. The summed E-state index contributed by atoms with van der Waals surface area (Å²) in [5.74, 6) is -0.913. The van der Waals surface area contributed by atoms with Gasteiger partial charge in [-0.2, -0.15) is 0 Å². The van der Waals surface area contributed by atoms with Crippen molar-refractivity contribution in [3.63, 3.8) is 0 Å². The summed E-state index contributed by atoms with van der Waals surface area (Å²) in [6.45, 7) is 1.97. The first kappa shape index (κ1) is 12.0. The third kappa shape index (κ3) is 3.61. The minimum atomic E-state index is -1.07. The molecule has 0 aliphatic rings. The number of carboxylic acids is 1. The summed E-state index contributed by atoms with van der Waals surface area (Å²) in [7, 11) is 0. The lowest BCUT2D eigenvalue weighted by atomic mass is 10.2. The predicted molar refractivity (Wildman–Crippen MR) is 57.6 cm³/mol. The highest BCUT2D eigenvalue weighted by Gasteiger charge is 2.07. The number of aliphatic carboxylic acids is 1. The van der Waals surface area contributed by atoms with Crippen LogP contribution in [-0.2, 0) is 4.79 Å². The van der Waals surface area contributed by atoms with Gasteiger partial charge < -0.3 is 15.2 Å². The van der Waals surface area contributed by atoms with Gasteiger partial charge in [0.15, 0.2) is 0 Å². The van der Waals surface area contributed by atoms with E-state index in [2.05, 4.69) is 5.32 Å². The molecule has 1 aromatic carbocycles.